The Morgan fingerprint density at radius 1 is 1.23 bits per heavy atom. The molecule has 0 N–H and O–H groups in total. The van der Waals surface area contributed by atoms with Crippen molar-refractivity contribution in [3.8, 4) is 0 Å². The third-order valence-corrected chi connectivity index (χ3v) is 2.76. The van der Waals surface area contributed by atoms with Gasteiger partial charge in [-0.15, -0.1) is 0 Å². The molecule has 1 saturated heterocycles. The molecule has 0 spiro atoms. The molecule has 0 aromatic carbocycles. The number of hydrogen-bond acceptors (Lipinski definition) is 1. The van der Waals surface area contributed by atoms with Crippen molar-refractivity contribution in [1.82, 2.24) is 4.90 Å². The Hall–Kier alpha value is -0.570. The SMILES string of the molecule is CC(C)C(=O)N1CC[N+](C)(C)CC1. The molecule has 0 aliphatic carbocycles. The van der Waals surface area contributed by atoms with Crippen LogP contribution in [-0.2, 0) is 4.79 Å². The highest BCUT2D eigenvalue weighted by Crippen LogP contribution is 2.09. The van der Waals surface area contributed by atoms with Gasteiger partial charge in [0.05, 0.1) is 40.3 Å². The summed E-state index contributed by atoms with van der Waals surface area (Å²) in [6.45, 7) is 7.94. The van der Waals surface area contributed by atoms with Crippen molar-refractivity contribution in [2.45, 2.75) is 13.8 Å². The Labute approximate surface area is 80.9 Å². The van der Waals surface area contributed by atoms with Crippen LogP contribution in [0.15, 0.2) is 0 Å². The summed E-state index contributed by atoms with van der Waals surface area (Å²) in [5, 5.41) is 0. The van der Waals surface area contributed by atoms with Crippen LogP contribution in [0.2, 0.25) is 0 Å². The number of amides is 1. The quantitative estimate of drug-likeness (QED) is 0.547. The summed E-state index contributed by atoms with van der Waals surface area (Å²) in [4.78, 5) is 13.6. The summed E-state index contributed by atoms with van der Waals surface area (Å²) in [7, 11) is 4.44. The minimum Gasteiger partial charge on any atom is -0.331 e. The lowest BCUT2D eigenvalue weighted by molar-refractivity contribution is -0.894. The van der Waals surface area contributed by atoms with Crippen molar-refractivity contribution in [3.63, 3.8) is 0 Å². The first kappa shape index (κ1) is 10.5. The maximum Gasteiger partial charge on any atom is 0.225 e. The number of carbonyl (C=O) groups is 1. The second-order valence-corrected chi connectivity index (χ2v) is 4.86. The van der Waals surface area contributed by atoms with E-state index in [-0.39, 0.29) is 5.92 Å². The van der Waals surface area contributed by atoms with E-state index in [1.165, 1.54) is 0 Å². The molecule has 0 bridgehead atoms. The van der Waals surface area contributed by atoms with E-state index >= 15 is 0 Å². The molecule has 1 aliphatic heterocycles. The van der Waals surface area contributed by atoms with Crippen LogP contribution in [0.25, 0.3) is 0 Å². The Morgan fingerprint density at radius 2 is 1.69 bits per heavy atom. The van der Waals surface area contributed by atoms with Gasteiger partial charge >= 0.3 is 0 Å². The van der Waals surface area contributed by atoms with Crippen LogP contribution in [0, 0.1) is 5.92 Å². The summed E-state index contributed by atoms with van der Waals surface area (Å²) >= 11 is 0. The summed E-state index contributed by atoms with van der Waals surface area (Å²) < 4.78 is 1.04. The third kappa shape index (κ3) is 2.69. The van der Waals surface area contributed by atoms with Gasteiger partial charge in [0, 0.05) is 5.92 Å². The average Bonchev–Trinajstić information content (AvgIpc) is 2.03. The molecule has 1 aliphatic rings. The predicted molar refractivity (Wildman–Crippen MR) is 53.3 cm³/mol. The smallest absolute Gasteiger partial charge is 0.225 e. The van der Waals surface area contributed by atoms with Gasteiger partial charge in [0.2, 0.25) is 5.91 Å². The van der Waals surface area contributed by atoms with E-state index in [1.54, 1.807) is 0 Å². The second kappa shape index (κ2) is 3.66. The molecule has 0 atom stereocenters. The fourth-order valence-corrected chi connectivity index (χ4v) is 1.59. The van der Waals surface area contributed by atoms with E-state index in [0.29, 0.717) is 5.91 Å². The molecule has 1 fully saturated rings. The average molecular weight is 185 g/mol. The maximum atomic E-state index is 11.6. The van der Waals surface area contributed by atoms with Crippen molar-refractivity contribution in [2.24, 2.45) is 5.92 Å². The maximum absolute atomic E-state index is 11.6. The molecule has 13 heavy (non-hydrogen) atoms. The van der Waals surface area contributed by atoms with Crippen LogP contribution in [0.1, 0.15) is 13.8 Å². The molecule has 0 radical (unpaired) electrons. The highest BCUT2D eigenvalue weighted by Gasteiger charge is 2.27. The second-order valence-electron chi connectivity index (χ2n) is 4.86. The Balaban J connectivity index is 2.46. The number of nitrogens with zero attached hydrogens (tertiary/aromatic N) is 2. The van der Waals surface area contributed by atoms with Crippen LogP contribution < -0.4 is 0 Å². The first-order valence-corrected chi connectivity index (χ1v) is 5.03. The van der Waals surface area contributed by atoms with Gasteiger partial charge in [0.25, 0.3) is 0 Å². The fourth-order valence-electron chi connectivity index (χ4n) is 1.59. The predicted octanol–water partition coefficient (Wildman–Crippen LogP) is 0.561. The van der Waals surface area contributed by atoms with Crippen molar-refractivity contribution >= 4 is 5.91 Å². The fraction of sp³-hybridized carbons (Fsp3) is 0.900. The zero-order valence-electron chi connectivity index (χ0n) is 9.21. The number of rotatable bonds is 1. The van der Waals surface area contributed by atoms with Gasteiger partial charge in [-0.1, -0.05) is 13.8 Å². The van der Waals surface area contributed by atoms with E-state index < -0.39 is 0 Å². The zero-order valence-corrected chi connectivity index (χ0v) is 9.21. The lowest BCUT2D eigenvalue weighted by Crippen LogP contribution is -2.56. The normalized spacial score (nSPS) is 22.1. The molecule has 1 rings (SSSR count). The highest BCUT2D eigenvalue weighted by atomic mass is 16.2. The van der Waals surface area contributed by atoms with E-state index in [0.717, 1.165) is 30.7 Å². The minimum absolute atomic E-state index is 0.147. The van der Waals surface area contributed by atoms with E-state index in [9.17, 15) is 4.79 Å². The Morgan fingerprint density at radius 3 is 2.08 bits per heavy atom. The van der Waals surface area contributed by atoms with Gasteiger partial charge in [-0.2, -0.15) is 0 Å². The number of piperazine rings is 1. The summed E-state index contributed by atoms with van der Waals surface area (Å²) in [5.41, 5.74) is 0. The standard InChI is InChI=1S/C10H21N2O/c1-9(2)10(13)11-5-7-12(3,4)8-6-11/h9H,5-8H2,1-4H3/q+1. The van der Waals surface area contributed by atoms with Crippen molar-refractivity contribution in [2.75, 3.05) is 40.3 Å². The Kier molecular flexibility index (Phi) is 2.96. The third-order valence-electron chi connectivity index (χ3n) is 2.76. The molecular weight excluding hydrogens is 164 g/mol. The van der Waals surface area contributed by atoms with Gasteiger partial charge in [0.15, 0.2) is 0 Å². The van der Waals surface area contributed by atoms with Gasteiger partial charge < -0.3 is 9.38 Å². The molecular formula is C10H21N2O+. The molecule has 0 aromatic rings. The zero-order chi connectivity index (χ0) is 10.1. The topological polar surface area (TPSA) is 20.3 Å². The van der Waals surface area contributed by atoms with Crippen LogP contribution in [-0.4, -0.2) is 55.6 Å². The van der Waals surface area contributed by atoms with E-state index in [4.69, 9.17) is 0 Å². The summed E-state index contributed by atoms with van der Waals surface area (Å²) in [5.74, 6) is 0.452. The first-order valence-electron chi connectivity index (χ1n) is 5.03. The van der Waals surface area contributed by atoms with Gasteiger partial charge in [-0.05, 0) is 0 Å². The Bertz CT molecular complexity index is 189. The molecule has 0 saturated carbocycles. The number of likely N-dealkylation sites (N-methyl/N-ethyl adjacent to an activating group) is 1. The van der Waals surface area contributed by atoms with Crippen molar-refractivity contribution < 1.29 is 9.28 Å². The van der Waals surface area contributed by atoms with Crippen LogP contribution in [0.5, 0.6) is 0 Å². The monoisotopic (exact) mass is 185 g/mol. The van der Waals surface area contributed by atoms with Crippen LogP contribution in [0.3, 0.4) is 0 Å². The van der Waals surface area contributed by atoms with E-state index in [2.05, 4.69) is 14.1 Å². The van der Waals surface area contributed by atoms with Gasteiger partial charge in [-0.25, -0.2) is 0 Å². The van der Waals surface area contributed by atoms with Crippen LogP contribution >= 0.6 is 0 Å². The molecule has 0 aromatic heterocycles. The largest absolute Gasteiger partial charge is 0.331 e. The lowest BCUT2D eigenvalue weighted by atomic mass is 10.1. The highest BCUT2D eigenvalue weighted by molar-refractivity contribution is 5.78. The number of quaternary nitrogens is 1. The molecule has 1 heterocycles. The van der Waals surface area contributed by atoms with Gasteiger partial charge in [0.1, 0.15) is 0 Å². The van der Waals surface area contributed by atoms with Crippen molar-refractivity contribution in [3.05, 3.63) is 0 Å². The summed E-state index contributed by atoms with van der Waals surface area (Å²) in [6, 6.07) is 0. The van der Waals surface area contributed by atoms with Crippen LogP contribution in [0.4, 0.5) is 0 Å². The molecule has 3 heteroatoms. The number of carbonyl (C=O) groups excluding carboxylic acids is 1. The summed E-state index contributed by atoms with van der Waals surface area (Å²) in [6.07, 6.45) is 0. The van der Waals surface area contributed by atoms with Crippen molar-refractivity contribution in [1.29, 1.82) is 0 Å². The molecule has 1 amide bonds. The minimum atomic E-state index is 0.147. The molecule has 76 valence electrons. The molecule has 0 unspecified atom stereocenters. The molecule has 3 nitrogen and oxygen atoms in total. The van der Waals surface area contributed by atoms with E-state index in [1.807, 2.05) is 18.7 Å². The van der Waals surface area contributed by atoms with Gasteiger partial charge in [-0.3, -0.25) is 4.79 Å². The number of hydrogen-bond donors (Lipinski definition) is 0. The lowest BCUT2D eigenvalue weighted by Gasteiger charge is -2.39. The first-order chi connectivity index (χ1) is 5.92.